The van der Waals surface area contributed by atoms with E-state index in [4.69, 9.17) is 5.84 Å². The van der Waals surface area contributed by atoms with Gasteiger partial charge in [-0.2, -0.15) is 0 Å². The molecule has 0 saturated carbocycles. The van der Waals surface area contributed by atoms with E-state index in [1.165, 1.54) is 17.7 Å². The zero-order chi connectivity index (χ0) is 12.9. The predicted octanol–water partition coefficient (Wildman–Crippen LogP) is 0.181. The van der Waals surface area contributed by atoms with Gasteiger partial charge in [0.2, 0.25) is 5.95 Å². The number of thiophene rings is 1. The minimum absolute atomic E-state index is 0.269. The van der Waals surface area contributed by atoms with Crippen LogP contribution in [-0.2, 0) is 0 Å². The summed E-state index contributed by atoms with van der Waals surface area (Å²) in [4.78, 5) is 27.2. The molecule has 3 heterocycles. The highest BCUT2D eigenvalue weighted by Gasteiger charge is 2.13. The fourth-order valence-corrected chi connectivity index (χ4v) is 2.68. The number of nitrogen functional groups attached to an aromatic ring is 1. The van der Waals surface area contributed by atoms with Gasteiger partial charge in [0, 0.05) is 20.3 Å². The SMILES string of the molecule is CN(C)c1ncc2c(n1)sc1c(=O)n(N)cnc12. The molecular formula is C10H10N6OS. The van der Waals surface area contributed by atoms with E-state index in [0.717, 1.165) is 14.9 Å². The summed E-state index contributed by atoms with van der Waals surface area (Å²) in [6.45, 7) is 0. The predicted molar refractivity (Wildman–Crippen MR) is 71.5 cm³/mol. The zero-order valence-electron chi connectivity index (χ0n) is 9.78. The average molecular weight is 262 g/mol. The Bertz CT molecular complexity index is 805. The number of anilines is 1. The highest BCUT2D eigenvalue weighted by Crippen LogP contribution is 2.28. The standard InChI is InChI=1S/C10H10N6OS/c1-15(2)10-12-3-5-6-7(18-8(5)14-10)9(17)16(11)4-13-6/h3-4H,11H2,1-2H3. The van der Waals surface area contributed by atoms with Gasteiger partial charge in [-0.05, 0) is 0 Å². The van der Waals surface area contributed by atoms with Crippen molar-refractivity contribution in [3.8, 4) is 0 Å². The van der Waals surface area contributed by atoms with Crippen LogP contribution in [0, 0.1) is 0 Å². The summed E-state index contributed by atoms with van der Waals surface area (Å²) in [6.07, 6.45) is 2.99. The molecule has 3 rings (SSSR count). The van der Waals surface area contributed by atoms with Crippen molar-refractivity contribution in [3.05, 3.63) is 22.9 Å². The van der Waals surface area contributed by atoms with Crippen LogP contribution >= 0.6 is 11.3 Å². The van der Waals surface area contributed by atoms with Crippen molar-refractivity contribution in [3.63, 3.8) is 0 Å². The molecule has 0 bridgehead atoms. The van der Waals surface area contributed by atoms with Crippen LogP contribution in [0.3, 0.4) is 0 Å². The first-order valence-corrected chi connectivity index (χ1v) is 5.99. The van der Waals surface area contributed by atoms with E-state index in [2.05, 4.69) is 15.0 Å². The maximum Gasteiger partial charge on any atom is 0.289 e. The summed E-state index contributed by atoms with van der Waals surface area (Å²) in [5.74, 6) is 6.09. The van der Waals surface area contributed by atoms with Gasteiger partial charge in [0.05, 0.1) is 10.9 Å². The first-order valence-electron chi connectivity index (χ1n) is 5.17. The van der Waals surface area contributed by atoms with Gasteiger partial charge in [-0.15, -0.1) is 11.3 Å². The summed E-state index contributed by atoms with van der Waals surface area (Å²) in [5, 5.41) is 0.776. The average Bonchev–Trinajstić information content (AvgIpc) is 2.72. The number of fused-ring (bicyclic) bond motifs is 3. The Kier molecular flexibility index (Phi) is 2.20. The third-order valence-electron chi connectivity index (χ3n) is 2.55. The largest absolute Gasteiger partial charge is 0.347 e. The minimum atomic E-state index is -0.269. The van der Waals surface area contributed by atoms with Gasteiger partial charge in [-0.25, -0.2) is 19.6 Å². The van der Waals surface area contributed by atoms with Crippen LogP contribution in [0.15, 0.2) is 17.3 Å². The number of hydrogen-bond acceptors (Lipinski definition) is 7. The van der Waals surface area contributed by atoms with Gasteiger partial charge in [0.25, 0.3) is 5.56 Å². The Morgan fingerprint density at radius 3 is 2.89 bits per heavy atom. The van der Waals surface area contributed by atoms with Crippen LogP contribution < -0.4 is 16.3 Å². The van der Waals surface area contributed by atoms with Crippen molar-refractivity contribution < 1.29 is 0 Å². The minimum Gasteiger partial charge on any atom is -0.347 e. The maximum atomic E-state index is 11.9. The third kappa shape index (κ3) is 1.42. The maximum absolute atomic E-state index is 11.9. The summed E-state index contributed by atoms with van der Waals surface area (Å²) < 4.78 is 1.47. The molecule has 0 amide bonds. The van der Waals surface area contributed by atoms with Crippen LogP contribution in [0.1, 0.15) is 0 Å². The number of nitrogens with two attached hydrogens (primary N) is 1. The fourth-order valence-electron chi connectivity index (χ4n) is 1.64. The quantitative estimate of drug-likeness (QED) is 0.629. The molecule has 0 aliphatic carbocycles. The van der Waals surface area contributed by atoms with Crippen LogP contribution in [0.2, 0.25) is 0 Å². The number of aromatic nitrogens is 4. The first-order chi connectivity index (χ1) is 8.58. The topological polar surface area (TPSA) is 89.9 Å². The lowest BCUT2D eigenvalue weighted by molar-refractivity contribution is 0.917. The van der Waals surface area contributed by atoms with E-state index < -0.39 is 0 Å². The molecule has 0 spiro atoms. The van der Waals surface area contributed by atoms with E-state index in [0.29, 0.717) is 16.2 Å². The molecule has 3 aromatic heterocycles. The van der Waals surface area contributed by atoms with Crippen molar-refractivity contribution >= 4 is 37.7 Å². The number of hydrogen-bond donors (Lipinski definition) is 1. The van der Waals surface area contributed by atoms with Crippen molar-refractivity contribution in [1.82, 2.24) is 19.6 Å². The normalized spacial score (nSPS) is 11.2. The van der Waals surface area contributed by atoms with E-state index >= 15 is 0 Å². The second-order valence-electron chi connectivity index (χ2n) is 4.02. The molecule has 0 atom stereocenters. The van der Waals surface area contributed by atoms with Crippen LogP contribution in [-0.4, -0.2) is 33.7 Å². The Balaban J connectivity index is 2.43. The molecule has 0 fully saturated rings. The van der Waals surface area contributed by atoms with Crippen LogP contribution in [0.25, 0.3) is 20.4 Å². The lowest BCUT2D eigenvalue weighted by Gasteiger charge is -2.08. The van der Waals surface area contributed by atoms with Gasteiger partial charge in [0.1, 0.15) is 15.9 Å². The molecule has 92 valence electrons. The second-order valence-corrected chi connectivity index (χ2v) is 5.02. The number of nitrogens with zero attached hydrogens (tertiary/aromatic N) is 5. The van der Waals surface area contributed by atoms with E-state index in [1.54, 1.807) is 11.1 Å². The fraction of sp³-hybridized carbons (Fsp3) is 0.200. The van der Waals surface area contributed by atoms with E-state index in [9.17, 15) is 4.79 Å². The molecule has 3 aromatic rings. The van der Waals surface area contributed by atoms with Crippen molar-refractivity contribution in [2.24, 2.45) is 0 Å². The molecule has 0 saturated heterocycles. The molecule has 0 aromatic carbocycles. The zero-order valence-corrected chi connectivity index (χ0v) is 10.6. The molecule has 8 heteroatoms. The highest BCUT2D eigenvalue weighted by atomic mass is 32.1. The van der Waals surface area contributed by atoms with Crippen LogP contribution in [0.5, 0.6) is 0 Å². The van der Waals surface area contributed by atoms with E-state index in [1.807, 2.05) is 14.1 Å². The Morgan fingerprint density at radius 2 is 2.17 bits per heavy atom. The number of rotatable bonds is 1. The van der Waals surface area contributed by atoms with Gasteiger partial charge in [-0.1, -0.05) is 0 Å². The van der Waals surface area contributed by atoms with Gasteiger partial charge in [-0.3, -0.25) is 4.79 Å². The summed E-state index contributed by atoms with van der Waals surface area (Å²) >= 11 is 1.28. The Hall–Kier alpha value is -2.22. The third-order valence-corrected chi connectivity index (χ3v) is 3.63. The molecule has 7 nitrogen and oxygen atoms in total. The summed E-state index contributed by atoms with van der Waals surface area (Å²) in [7, 11) is 3.72. The first kappa shape index (κ1) is 10.9. The smallest absolute Gasteiger partial charge is 0.289 e. The van der Waals surface area contributed by atoms with Gasteiger partial charge < -0.3 is 10.7 Å². The van der Waals surface area contributed by atoms with Crippen molar-refractivity contribution in [1.29, 1.82) is 0 Å². The van der Waals surface area contributed by atoms with E-state index in [-0.39, 0.29) is 5.56 Å². The molecule has 2 N–H and O–H groups in total. The van der Waals surface area contributed by atoms with Gasteiger partial charge in [0.15, 0.2) is 0 Å². The molecule has 18 heavy (non-hydrogen) atoms. The lowest BCUT2D eigenvalue weighted by Crippen LogP contribution is -2.26. The Morgan fingerprint density at radius 1 is 1.39 bits per heavy atom. The van der Waals surface area contributed by atoms with Crippen molar-refractivity contribution in [2.75, 3.05) is 24.8 Å². The highest BCUT2D eigenvalue weighted by molar-refractivity contribution is 7.25. The monoisotopic (exact) mass is 262 g/mol. The molecule has 0 aliphatic heterocycles. The molecule has 0 radical (unpaired) electrons. The van der Waals surface area contributed by atoms with Crippen molar-refractivity contribution in [2.45, 2.75) is 0 Å². The summed E-state index contributed by atoms with van der Waals surface area (Å²) in [6, 6.07) is 0. The molecule has 0 unspecified atom stereocenters. The molecule has 0 aliphatic rings. The van der Waals surface area contributed by atoms with Crippen LogP contribution in [0.4, 0.5) is 5.95 Å². The van der Waals surface area contributed by atoms with Gasteiger partial charge >= 0.3 is 0 Å². The lowest BCUT2D eigenvalue weighted by atomic mass is 10.3. The molecular weight excluding hydrogens is 252 g/mol. The Labute approximate surface area is 105 Å². The summed E-state index contributed by atoms with van der Waals surface area (Å²) in [5.41, 5.74) is 0.335. The second kappa shape index (κ2) is 3.64.